The summed E-state index contributed by atoms with van der Waals surface area (Å²) >= 11 is 0. The third-order valence-electron chi connectivity index (χ3n) is 4.74. The van der Waals surface area contributed by atoms with Crippen molar-refractivity contribution in [2.24, 2.45) is 5.92 Å². The fraction of sp³-hybridized carbons (Fsp3) is 0.571. The van der Waals surface area contributed by atoms with Gasteiger partial charge in [-0.3, -0.25) is 0 Å². The minimum absolute atomic E-state index is 0.638. The van der Waals surface area contributed by atoms with Crippen LogP contribution in [0.5, 0.6) is 0 Å². The number of nitrogen functional groups attached to an aromatic ring is 1. The Kier molecular flexibility index (Phi) is 2.40. The largest absolute Gasteiger partial charge is 0.397 e. The summed E-state index contributed by atoms with van der Waals surface area (Å²) in [6, 6.07) is 4.65. The lowest BCUT2D eigenvalue weighted by molar-refractivity contribution is 0.315. The summed E-state index contributed by atoms with van der Waals surface area (Å²) in [6.45, 7) is 1.11. The fourth-order valence-corrected chi connectivity index (χ4v) is 3.81. The lowest BCUT2D eigenvalue weighted by Gasteiger charge is -2.33. The molecule has 2 atom stereocenters. The van der Waals surface area contributed by atoms with E-state index < -0.39 is 0 Å². The number of aromatic nitrogens is 2. The van der Waals surface area contributed by atoms with E-state index >= 15 is 0 Å². The van der Waals surface area contributed by atoms with E-state index in [-0.39, 0.29) is 0 Å². The fourth-order valence-electron chi connectivity index (χ4n) is 3.81. The second-order valence-electron chi connectivity index (χ2n) is 5.73. The first-order chi connectivity index (χ1) is 9.34. The summed E-state index contributed by atoms with van der Waals surface area (Å²) in [5, 5.41) is 7.97. The molecular weight excluding hydrogens is 240 g/mol. The molecule has 1 saturated carbocycles. The van der Waals surface area contributed by atoms with E-state index in [9.17, 15) is 0 Å². The predicted octanol–water partition coefficient (Wildman–Crippen LogP) is 2.57. The molecule has 1 aliphatic heterocycles. The van der Waals surface area contributed by atoms with Gasteiger partial charge in [-0.1, -0.05) is 12.8 Å². The molecule has 0 amide bonds. The molecule has 2 aliphatic rings. The summed E-state index contributed by atoms with van der Waals surface area (Å²) < 4.78 is 4.88. The molecule has 1 saturated heterocycles. The van der Waals surface area contributed by atoms with Crippen LogP contribution in [-0.4, -0.2) is 22.9 Å². The highest BCUT2D eigenvalue weighted by Crippen LogP contribution is 2.41. The Bertz CT molecular complexity index is 609. The average Bonchev–Trinajstić information content (AvgIpc) is 3.06. The minimum Gasteiger partial charge on any atom is -0.397 e. The van der Waals surface area contributed by atoms with Gasteiger partial charge in [0.25, 0.3) is 0 Å². The molecule has 2 N–H and O–H groups in total. The van der Waals surface area contributed by atoms with Crippen LogP contribution in [0.15, 0.2) is 16.8 Å². The minimum atomic E-state index is 0.638. The number of benzene rings is 1. The van der Waals surface area contributed by atoms with Crippen molar-refractivity contribution in [3.63, 3.8) is 0 Å². The highest BCUT2D eigenvalue weighted by atomic mass is 16.6. The maximum absolute atomic E-state index is 5.92. The van der Waals surface area contributed by atoms with Crippen molar-refractivity contribution in [3.05, 3.63) is 12.1 Å². The average molecular weight is 258 g/mol. The topological polar surface area (TPSA) is 68.2 Å². The number of hydrogen-bond acceptors (Lipinski definition) is 5. The number of nitrogens with two attached hydrogens (primary N) is 1. The van der Waals surface area contributed by atoms with E-state index in [0.717, 1.165) is 23.7 Å². The molecule has 1 aliphatic carbocycles. The molecule has 100 valence electrons. The molecule has 0 radical (unpaired) electrons. The van der Waals surface area contributed by atoms with Crippen molar-refractivity contribution in [2.45, 2.75) is 38.1 Å². The van der Waals surface area contributed by atoms with Gasteiger partial charge in [0.05, 0.1) is 11.4 Å². The first kappa shape index (κ1) is 11.1. The van der Waals surface area contributed by atoms with Crippen LogP contribution >= 0.6 is 0 Å². The molecule has 5 nitrogen and oxygen atoms in total. The number of rotatable bonds is 1. The molecule has 0 spiro atoms. The number of nitrogens with zero attached hydrogens (tertiary/aromatic N) is 3. The van der Waals surface area contributed by atoms with Crippen molar-refractivity contribution in [1.82, 2.24) is 10.3 Å². The molecular formula is C14H18N4O. The van der Waals surface area contributed by atoms with Gasteiger partial charge in [0.2, 0.25) is 0 Å². The molecule has 0 bridgehead atoms. The molecule has 4 rings (SSSR count). The van der Waals surface area contributed by atoms with Gasteiger partial charge in [0.15, 0.2) is 11.0 Å². The second-order valence-corrected chi connectivity index (χ2v) is 5.73. The molecule has 5 heteroatoms. The van der Waals surface area contributed by atoms with Gasteiger partial charge in [-0.15, -0.1) is 0 Å². The SMILES string of the molecule is Nc1ccc(N2CCC3CCCCC32)c2nonc12. The van der Waals surface area contributed by atoms with Crippen LogP contribution in [0.1, 0.15) is 32.1 Å². The summed E-state index contributed by atoms with van der Waals surface area (Å²) in [4.78, 5) is 2.50. The Morgan fingerprint density at radius 1 is 1.11 bits per heavy atom. The zero-order chi connectivity index (χ0) is 12.8. The van der Waals surface area contributed by atoms with Crippen LogP contribution in [0.25, 0.3) is 11.0 Å². The lowest BCUT2D eigenvalue weighted by Crippen LogP contribution is -2.34. The predicted molar refractivity (Wildman–Crippen MR) is 73.9 cm³/mol. The zero-order valence-corrected chi connectivity index (χ0v) is 10.9. The van der Waals surface area contributed by atoms with Gasteiger partial charge >= 0.3 is 0 Å². The van der Waals surface area contributed by atoms with Gasteiger partial charge in [-0.25, -0.2) is 4.63 Å². The molecule has 2 fully saturated rings. The number of hydrogen-bond donors (Lipinski definition) is 1. The first-order valence-corrected chi connectivity index (χ1v) is 7.12. The Hall–Kier alpha value is -1.78. The van der Waals surface area contributed by atoms with Crippen LogP contribution < -0.4 is 10.6 Å². The van der Waals surface area contributed by atoms with E-state index in [1.807, 2.05) is 6.07 Å². The summed E-state index contributed by atoms with van der Waals surface area (Å²) in [5.41, 5.74) is 9.20. The van der Waals surface area contributed by atoms with Crippen LogP contribution in [0.4, 0.5) is 11.4 Å². The molecule has 2 unspecified atom stereocenters. The van der Waals surface area contributed by atoms with E-state index in [2.05, 4.69) is 21.3 Å². The zero-order valence-electron chi connectivity index (χ0n) is 10.9. The van der Waals surface area contributed by atoms with Crippen molar-refractivity contribution in [1.29, 1.82) is 0 Å². The molecule has 2 heterocycles. The Morgan fingerprint density at radius 2 is 1.95 bits per heavy atom. The monoisotopic (exact) mass is 258 g/mol. The van der Waals surface area contributed by atoms with Crippen molar-refractivity contribution in [3.8, 4) is 0 Å². The van der Waals surface area contributed by atoms with Gasteiger partial charge in [-0.05, 0) is 47.6 Å². The third kappa shape index (κ3) is 1.60. The van der Waals surface area contributed by atoms with E-state index in [1.165, 1.54) is 32.1 Å². The van der Waals surface area contributed by atoms with E-state index in [1.54, 1.807) is 0 Å². The van der Waals surface area contributed by atoms with E-state index in [0.29, 0.717) is 17.2 Å². The van der Waals surface area contributed by atoms with Crippen LogP contribution in [0, 0.1) is 5.92 Å². The van der Waals surface area contributed by atoms with Crippen LogP contribution in [0.2, 0.25) is 0 Å². The van der Waals surface area contributed by atoms with Gasteiger partial charge in [0.1, 0.15) is 0 Å². The van der Waals surface area contributed by atoms with Crippen LogP contribution in [0.3, 0.4) is 0 Å². The van der Waals surface area contributed by atoms with Gasteiger partial charge < -0.3 is 10.6 Å². The van der Waals surface area contributed by atoms with Crippen LogP contribution in [-0.2, 0) is 0 Å². The van der Waals surface area contributed by atoms with E-state index in [4.69, 9.17) is 10.4 Å². The second kappa shape index (κ2) is 4.11. The van der Waals surface area contributed by atoms with Gasteiger partial charge in [0, 0.05) is 12.6 Å². The quantitative estimate of drug-likeness (QED) is 0.796. The summed E-state index contributed by atoms with van der Waals surface area (Å²) in [5.74, 6) is 0.848. The highest BCUT2D eigenvalue weighted by molar-refractivity contribution is 5.95. The Morgan fingerprint density at radius 3 is 2.89 bits per heavy atom. The molecule has 1 aromatic heterocycles. The molecule has 1 aromatic carbocycles. The van der Waals surface area contributed by atoms with Gasteiger partial charge in [-0.2, -0.15) is 0 Å². The standard InChI is InChI=1S/C14H18N4O/c15-10-5-6-12(14-13(10)16-19-17-14)18-8-7-9-3-1-2-4-11(9)18/h5-6,9,11H,1-4,7-8,15H2. The summed E-state index contributed by atoms with van der Waals surface area (Å²) in [7, 11) is 0. The smallest absolute Gasteiger partial charge is 0.160 e. The normalized spacial score (nSPS) is 26.8. The maximum atomic E-state index is 5.92. The Labute approximate surface area is 111 Å². The first-order valence-electron chi connectivity index (χ1n) is 7.12. The highest BCUT2D eigenvalue weighted by Gasteiger charge is 2.36. The summed E-state index contributed by atoms with van der Waals surface area (Å²) in [6.07, 6.45) is 6.69. The van der Waals surface area contributed by atoms with Crippen molar-refractivity contribution in [2.75, 3.05) is 17.2 Å². The van der Waals surface area contributed by atoms with Crippen molar-refractivity contribution < 1.29 is 4.63 Å². The third-order valence-corrected chi connectivity index (χ3v) is 4.74. The molecule has 19 heavy (non-hydrogen) atoms. The number of anilines is 2. The van der Waals surface area contributed by atoms with Crippen molar-refractivity contribution >= 4 is 22.4 Å². The number of fused-ring (bicyclic) bond motifs is 2. The lowest BCUT2D eigenvalue weighted by atomic mass is 9.85. The Balaban J connectivity index is 1.78. The molecule has 2 aromatic rings. The maximum Gasteiger partial charge on any atom is 0.160 e.